The van der Waals surface area contributed by atoms with E-state index in [-0.39, 0.29) is 16.5 Å². The molecule has 0 spiro atoms. The van der Waals surface area contributed by atoms with E-state index in [0.717, 1.165) is 0 Å². The van der Waals surface area contributed by atoms with Gasteiger partial charge >= 0.3 is 0 Å². The maximum Gasteiger partial charge on any atom is 0.297 e. The SMILES string of the molecule is COc1c(Cl)ncn(Cc2ccco2)c1=O. The summed E-state index contributed by atoms with van der Waals surface area (Å²) in [7, 11) is 1.38. The van der Waals surface area contributed by atoms with Gasteiger partial charge in [0, 0.05) is 0 Å². The van der Waals surface area contributed by atoms with Crippen molar-refractivity contribution in [1.29, 1.82) is 0 Å². The van der Waals surface area contributed by atoms with Gasteiger partial charge in [-0.15, -0.1) is 0 Å². The monoisotopic (exact) mass is 240 g/mol. The molecule has 5 nitrogen and oxygen atoms in total. The highest BCUT2D eigenvalue weighted by Gasteiger charge is 2.10. The lowest BCUT2D eigenvalue weighted by molar-refractivity contribution is 0.398. The Hall–Kier alpha value is -1.75. The van der Waals surface area contributed by atoms with Crippen LogP contribution >= 0.6 is 11.6 Å². The molecule has 0 N–H and O–H groups in total. The second-order valence-corrected chi connectivity index (χ2v) is 3.44. The number of aromatic nitrogens is 2. The van der Waals surface area contributed by atoms with Crippen molar-refractivity contribution < 1.29 is 9.15 Å². The fourth-order valence-corrected chi connectivity index (χ4v) is 1.51. The topological polar surface area (TPSA) is 57.3 Å². The van der Waals surface area contributed by atoms with Crippen LogP contribution in [0, 0.1) is 0 Å². The molecule has 16 heavy (non-hydrogen) atoms. The van der Waals surface area contributed by atoms with Crippen molar-refractivity contribution in [3.8, 4) is 5.75 Å². The Kier molecular flexibility index (Phi) is 2.96. The molecule has 2 aromatic rings. The zero-order valence-electron chi connectivity index (χ0n) is 8.51. The van der Waals surface area contributed by atoms with E-state index in [4.69, 9.17) is 20.8 Å². The van der Waals surface area contributed by atoms with Crippen molar-refractivity contribution in [3.63, 3.8) is 0 Å². The van der Waals surface area contributed by atoms with E-state index in [2.05, 4.69) is 4.98 Å². The summed E-state index contributed by atoms with van der Waals surface area (Å²) in [4.78, 5) is 15.7. The minimum Gasteiger partial charge on any atom is -0.489 e. The molecule has 0 amide bonds. The van der Waals surface area contributed by atoms with E-state index in [9.17, 15) is 4.79 Å². The van der Waals surface area contributed by atoms with Gasteiger partial charge in [-0.25, -0.2) is 4.98 Å². The summed E-state index contributed by atoms with van der Waals surface area (Å²) in [6.07, 6.45) is 2.90. The lowest BCUT2D eigenvalue weighted by atomic mass is 10.4. The zero-order chi connectivity index (χ0) is 11.5. The molecule has 0 aliphatic heterocycles. The number of rotatable bonds is 3. The number of furan rings is 1. The molecule has 6 heteroatoms. The Morgan fingerprint density at radius 1 is 1.62 bits per heavy atom. The predicted molar refractivity (Wildman–Crippen MR) is 57.9 cm³/mol. The summed E-state index contributed by atoms with van der Waals surface area (Å²) in [5, 5.41) is 0.0585. The standard InChI is InChI=1S/C10H9ClN2O3/c1-15-8-9(11)12-6-13(10(8)14)5-7-3-2-4-16-7/h2-4,6H,5H2,1H3. The Balaban J connectivity index is 2.39. The van der Waals surface area contributed by atoms with Gasteiger partial charge in [0.1, 0.15) is 5.76 Å². The highest BCUT2D eigenvalue weighted by molar-refractivity contribution is 6.30. The molecule has 0 unspecified atom stereocenters. The van der Waals surface area contributed by atoms with Crippen LogP contribution in [-0.4, -0.2) is 16.7 Å². The normalized spacial score (nSPS) is 10.4. The van der Waals surface area contributed by atoms with Crippen molar-refractivity contribution in [3.05, 3.63) is 46.0 Å². The van der Waals surface area contributed by atoms with Gasteiger partial charge in [0.15, 0.2) is 5.15 Å². The van der Waals surface area contributed by atoms with Crippen molar-refractivity contribution >= 4 is 11.6 Å². The first-order valence-corrected chi connectivity index (χ1v) is 4.91. The summed E-state index contributed by atoms with van der Waals surface area (Å²) in [5.74, 6) is 0.698. The van der Waals surface area contributed by atoms with E-state index >= 15 is 0 Å². The average molecular weight is 241 g/mol. The van der Waals surface area contributed by atoms with Gasteiger partial charge < -0.3 is 9.15 Å². The van der Waals surface area contributed by atoms with Gasteiger partial charge in [0.25, 0.3) is 5.56 Å². The molecule has 0 aromatic carbocycles. The Morgan fingerprint density at radius 2 is 2.44 bits per heavy atom. The largest absolute Gasteiger partial charge is 0.489 e. The number of methoxy groups -OCH3 is 1. The average Bonchev–Trinajstić information content (AvgIpc) is 2.76. The summed E-state index contributed by atoms with van der Waals surface area (Å²) in [6, 6.07) is 3.52. The summed E-state index contributed by atoms with van der Waals surface area (Å²) in [5.41, 5.74) is -0.334. The van der Waals surface area contributed by atoms with Crippen LogP contribution in [0.5, 0.6) is 5.75 Å². The number of ether oxygens (including phenoxy) is 1. The second-order valence-electron chi connectivity index (χ2n) is 3.08. The summed E-state index contributed by atoms with van der Waals surface area (Å²) >= 11 is 5.71. The third-order valence-electron chi connectivity index (χ3n) is 2.06. The molecule has 2 aromatic heterocycles. The minimum absolute atomic E-state index is 0.0377. The van der Waals surface area contributed by atoms with Crippen LogP contribution in [0.15, 0.2) is 33.9 Å². The molecule has 0 atom stereocenters. The van der Waals surface area contributed by atoms with Gasteiger partial charge in [-0.2, -0.15) is 0 Å². The lowest BCUT2D eigenvalue weighted by Crippen LogP contribution is -2.22. The van der Waals surface area contributed by atoms with Crippen LogP contribution in [0.3, 0.4) is 0 Å². The van der Waals surface area contributed by atoms with Crippen LogP contribution in [0.25, 0.3) is 0 Å². The zero-order valence-corrected chi connectivity index (χ0v) is 9.27. The van der Waals surface area contributed by atoms with Gasteiger partial charge in [-0.1, -0.05) is 11.6 Å². The van der Waals surface area contributed by atoms with E-state index < -0.39 is 0 Å². The predicted octanol–water partition coefficient (Wildman–Crippen LogP) is 1.55. The van der Waals surface area contributed by atoms with Crippen LogP contribution < -0.4 is 10.3 Å². The molecule has 0 saturated carbocycles. The third kappa shape index (κ3) is 1.94. The minimum atomic E-state index is -0.334. The maximum absolute atomic E-state index is 11.8. The quantitative estimate of drug-likeness (QED) is 0.764. The molecule has 0 fully saturated rings. The Morgan fingerprint density at radius 3 is 3.06 bits per heavy atom. The molecule has 0 radical (unpaired) electrons. The fraction of sp³-hybridized carbons (Fsp3) is 0.200. The second kappa shape index (κ2) is 4.40. The van der Waals surface area contributed by atoms with Crippen LogP contribution in [0.2, 0.25) is 5.15 Å². The first-order valence-electron chi connectivity index (χ1n) is 4.53. The van der Waals surface area contributed by atoms with Gasteiger partial charge in [-0.05, 0) is 12.1 Å². The molecule has 0 saturated heterocycles. The molecule has 0 aliphatic rings. The summed E-state index contributed by atoms with van der Waals surface area (Å²) < 4.78 is 11.4. The smallest absolute Gasteiger partial charge is 0.297 e. The highest BCUT2D eigenvalue weighted by Crippen LogP contribution is 2.15. The molecular weight excluding hydrogens is 232 g/mol. The van der Waals surface area contributed by atoms with E-state index in [0.29, 0.717) is 12.3 Å². The number of hydrogen-bond donors (Lipinski definition) is 0. The van der Waals surface area contributed by atoms with Crippen LogP contribution in [0.4, 0.5) is 0 Å². The molecule has 2 heterocycles. The Bertz CT molecular complexity index is 533. The first-order chi connectivity index (χ1) is 7.72. The van der Waals surface area contributed by atoms with E-state index in [1.54, 1.807) is 18.4 Å². The van der Waals surface area contributed by atoms with Crippen LogP contribution in [-0.2, 0) is 6.54 Å². The van der Waals surface area contributed by atoms with Gasteiger partial charge in [0.05, 0.1) is 26.2 Å². The van der Waals surface area contributed by atoms with E-state index in [1.807, 2.05) is 0 Å². The molecule has 0 aliphatic carbocycles. The van der Waals surface area contributed by atoms with Crippen molar-refractivity contribution in [1.82, 2.24) is 9.55 Å². The molecule has 2 rings (SSSR count). The third-order valence-corrected chi connectivity index (χ3v) is 2.33. The molecule has 0 bridgehead atoms. The van der Waals surface area contributed by atoms with Crippen LogP contribution in [0.1, 0.15) is 5.76 Å². The fourth-order valence-electron chi connectivity index (χ4n) is 1.30. The number of nitrogens with zero attached hydrogens (tertiary/aromatic N) is 2. The van der Waals surface area contributed by atoms with Crippen molar-refractivity contribution in [2.24, 2.45) is 0 Å². The van der Waals surface area contributed by atoms with Crippen molar-refractivity contribution in [2.45, 2.75) is 6.54 Å². The maximum atomic E-state index is 11.8. The van der Waals surface area contributed by atoms with Gasteiger partial charge in [-0.3, -0.25) is 9.36 Å². The first kappa shape index (κ1) is 10.8. The molecule has 84 valence electrons. The highest BCUT2D eigenvalue weighted by atomic mass is 35.5. The van der Waals surface area contributed by atoms with Crippen molar-refractivity contribution in [2.75, 3.05) is 7.11 Å². The number of hydrogen-bond acceptors (Lipinski definition) is 4. The van der Waals surface area contributed by atoms with Gasteiger partial charge in [0.2, 0.25) is 5.75 Å². The Labute approximate surface area is 96.2 Å². The lowest BCUT2D eigenvalue weighted by Gasteiger charge is -2.06. The number of halogens is 1. The summed E-state index contributed by atoms with van der Waals surface area (Å²) in [6.45, 7) is 0.298. The molecular formula is C10H9ClN2O3. The van der Waals surface area contributed by atoms with E-state index in [1.165, 1.54) is 18.0 Å².